The summed E-state index contributed by atoms with van der Waals surface area (Å²) in [5, 5.41) is 3.05. The van der Waals surface area contributed by atoms with Crippen LogP contribution in [0.5, 0.6) is 0 Å². The smallest absolute Gasteiger partial charge is 0.264 e. The summed E-state index contributed by atoms with van der Waals surface area (Å²) in [6.45, 7) is 3.03. The van der Waals surface area contributed by atoms with Crippen molar-refractivity contribution < 1.29 is 22.4 Å². The molecule has 4 rings (SSSR count). The Bertz CT molecular complexity index is 1430. The lowest BCUT2D eigenvalue weighted by Crippen LogP contribution is -2.52. The van der Waals surface area contributed by atoms with E-state index < -0.39 is 34.3 Å². The molecule has 3 aromatic rings. The Morgan fingerprint density at radius 1 is 0.975 bits per heavy atom. The molecule has 0 aliphatic heterocycles. The largest absolute Gasteiger partial charge is 0.352 e. The first-order chi connectivity index (χ1) is 19.0. The quantitative estimate of drug-likeness (QED) is 0.318. The number of anilines is 1. The van der Waals surface area contributed by atoms with E-state index in [1.807, 2.05) is 31.2 Å². The lowest BCUT2D eigenvalue weighted by Gasteiger charge is -2.32. The second kappa shape index (κ2) is 13.0. The number of rotatable bonds is 10. The van der Waals surface area contributed by atoms with Gasteiger partial charge in [0.15, 0.2) is 0 Å². The highest BCUT2D eigenvalue weighted by Crippen LogP contribution is 2.26. The Morgan fingerprint density at radius 3 is 2.17 bits per heavy atom. The van der Waals surface area contributed by atoms with Crippen LogP contribution in [0.1, 0.15) is 43.7 Å². The average molecular weight is 631 g/mol. The van der Waals surface area contributed by atoms with E-state index in [2.05, 4.69) is 21.2 Å². The van der Waals surface area contributed by atoms with Crippen molar-refractivity contribution >= 4 is 43.5 Å². The van der Waals surface area contributed by atoms with Crippen molar-refractivity contribution in [2.45, 2.75) is 63.1 Å². The molecule has 0 radical (unpaired) electrons. The van der Waals surface area contributed by atoms with Crippen molar-refractivity contribution in [3.63, 3.8) is 0 Å². The normalized spacial score (nSPS) is 14.5. The number of nitrogens with zero attached hydrogens (tertiary/aromatic N) is 2. The number of halogens is 2. The maximum atomic E-state index is 13.9. The average Bonchev–Trinajstić information content (AvgIpc) is 3.44. The highest BCUT2D eigenvalue weighted by atomic mass is 79.9. The first kappa shape index (κ1) is 29.7. The number of sulfonamides is 1. The monoisotopic (exact) mass is 629 g/mol. The maximum absolute atomic E-state index is 13.9. The third-order valence-electron chi connectivity index (χ3n) is 7.14. The number of nitrogens with one attached hydrogen (secondary N) is 1. The molecule has 1 saturated carbocycles. The lowest BCUT2D eigenvalue weighted by molar-refractivity contribution is -0.139. The van der Waals surface area contributed by atoms with Gasteiger partial charge in [0, 0.05) is 17.1 Å². The third kappa shape index (κ3) is 7.28. The number of carbonyl (C=O) groups is 2. The minimum atomic E-state index is -4.20. The molecule has 0 unspecified atom stereocenters. The number of carbonyl (C=O) groups excluding carboxylic acids is 2. The predicted molar refractivity (Wildman–Crippen MR) is 157 cm³/mol. The van der Waals surface area contributed by atoms with Crippen molar-refractivity contribution in [2.24, 2.45) is 0 Å². The molecule has 0 aromatic heterocycles. The van der Waals surface area contributed by atoms with Gasteiger partial charge in [0.1, 0.15) is 18.4 Å². The summed E-state index contributed by atoms with van der Waals surface area (Å²) in [4.78, 5) is 28.6. The van der Waals surface area contributed by atoms with Crippen LogP contribution in [0.4, 0.5) is 10.1 Å². The van der Waals surface area contributed by atoms with Crippen LogP contribution in [-0.4, -0.2) is 43.8 Å². The summed E-state index contributed by atoms with van der Waals surface area (Å²) in [5.74, 6) is -1.37. The minimum absolute atomic E-state index is 0.00158. The molecule has 2 amide bonds. The van der Waals surface area contributed by atoms with Crippen LogP contribution in [0.25, 0.3) is 0 Å². The van der Waals surface area contributed by atoms with Crippen molar-refractivity contribution in [1.82, 2.24) is 10.2 Å². The molecular weight excluding hydrogens is 597 g/mol. The van der Waals surface area contributed by atoms with E-state index >= 15 is 0 Å². The van der Waals surface area contributed by atoms with E-state index in [0.29, 0.717) is 0 Å². The van der Waals surface area contributed by atoms with Crippen LogP contribution in [0.3, 0.4) is 0 Å². The van der Waals surface area contributed by atoms with Crippen LogP contribution in [0.2, 0.25) is 0 Å². The molecule has 7 nitrogen and oxygen atoms in total. The lowest BCUT2D eigenvalue weighted by atomic mass is 10.1. The zero-order valence-corrected chi connectivity index (χ0v) is 24.9. The molecule has 40 heavy (non-hydrogen) atoms. The molecule has 1 aliphatic rings. The fourth-order valence-corrected chi connectivity index (χ4v) is 6.41. The zero-order valence-electron chi connectivity index (χ0n) is 22.5. The van der Waals surface area contributed by atoms with Crippen LogP contribution < -0.4 is 9.62 Å². The number of hydrogen-bond acceptors (Lipinski definition) is 4. The summed E-state index contributed by atoms with van der Waals surface area (Å²) in [7, 11) is -4.20. The first-order valence-electron chi connectivity index (χ1n) is 13.2. The standard InChI is InChI=1S/C30H33BrFN3O4S/c1-21-7-17-28(18-8-21)40(38,39)35(27-15-13-25(32)14-16-27)20-29(36)34(19-23-9-11-24(31)12-10-23)22(2)30(37)33-26-5-3-4-6-26/h7-18,22,26H,3-6,19-20H2,1-2H3,(H,33,37)/t22-/m1/s1. The summed E-state index contributed by atoms with van der Waals surface area (Å²) in [6.07, 6.45) is 3.88. The second-order valence-corrected chi connectivity index (χ2v) is 12.9. The Hall–Kier alpha value is -3.24. The summed E-state index contributed by atoms with van der Waals surface area (Å²) in [6, 6.07) is 17.8. The highest BCUT2D eigenvalue weighted by molar-refractivity contribution is 9.10. The first-order valence-corrected chi connectivity index (χ1v) is 15.5. The molecule has 1 N–H and O–H groups in total. The van der Waals surface area contributed by atoms with Gasteiger partial charge in [-0.3, -0.25) is 13.9 Å². The third-order valence-corrected chi connectivity index (χ3v) is 9.45. The van der Waals surface area contributed by atoms with Gasteiger partial charge in [-0.2, -0.15) is 0 Å². The van der Waals surface area contributed by atoms with Gasteiger partial charge in [0.2, 0.25) is 11.8 Å². The van der Waals surface area contributed by atoms with Gasteiger partial charge >= 0.3 is 0 Å². The van der Waals surface area contributed by atoms with Crippen LogP contribution in [0.15, 0.2) is 82.2 Å². The molecule has 0 heterocycles. The van der Waals surface area contributed by atoms with E-state index in [4.69, 9.17) is 0 Å². The SMILES string of the molecule is Cc1ccc(S(=O)(=O)N(CC(=O)N(Cc2ccc(Br)cc2)[C@H](C)C(=O)NC2CCCC2)c2ccc(F)cc2)cc1. The van der Waals surface area contributed by atoms with Crippen LogP contribution >= 0.6 is 15.9 Å². The number of hydrogen-bond donors (Lipinski definition) is 1. The Kier molecular flexibility index (Phi) is 9.63. The minimum Gasteiger partial charge on any atom is -0.352 e. The Balaban J connectivity index is 1.67. The fraction of sp³-hybridized carbons (Fsp3) is 0.333. The molecule has 10 heteroatoms. The summed E-state index contributed by atoms with van der Waals surface area (Å²) < 4.78 is 43.2. The molecule has 0 bridgehead atoms. The maximum Gasteiger partial charge on any atom is 0.264 e. The number of aryl methyl sites for hydroxylation is 1. The summed E-state index contributed by atoms with van der Waals surface area (Å²) >= 11 is 3.41. The van der Waals surface area contributed by atoms with E-state index in [0.717, 1.165) is 57.7 Å². The van der Waals surface area contributed by atoms with E-state index in [1.54, 1.807) is 19.1 Å². The van der Waals surface area contributed by atoms with Gasteiger partial charge in [0.25, 0.3) is 10.0 Å². The fourth-order valence-electron chi connectivity index (χ4n) is 4.73. The topological polar surface area (TPSA) is 86.8 Å². The van der Waals surface area contributed by atoms with Gasteiger partial charge in [0.05, 0.1) is 10.6 Å². The Labute approximate surface area is 243 Å². The van der Waals surface area contributed by atoms with Crippen LogP contribution in [0, 0.1) is 12.7 Å². The number of benzene rings is 3. The van der Waals surface area contributed by atoms with Gasteiger partial charge in [-0.25, -0.2) is 12.8 Å². The van der Waals surface area contributed by atoms with Gasteiger partial charge in [-0.1, -0.05) is 58.6 Å². The van der Waals surface area contributed by atoms with Crippen molar-refractivity contribution in [2.75, 3.05) is 10.8 Å². The van der Waals surface area contributed by atoms with Crippen molar-refractivity contribution in [3.8, 4) is 0 Å². The predicted octanol–water partition coefficient (Wildman–Crippen LogP) is 5.57. The molecule has 0 saturated heterocycles. The molecule has 3 aromatic carbocycles. The van der Waals surface area contributed by atoms with E-state index in [1.165, 1.54) is 29.2 Å². The van der Waals surface area contributed by atoms with Crippen molar-refractivity contribution in [1.29, 1.82) is 0 Å². The summed E-state index contributed by atoms with van der Waals surface area (Å²) in [5.41, 5.74) is 1.81. The molecule has 1 aliphatic carbocycles. The Morgan fingerprint density at radius 2 is 1.57 bits per heavy atom. The molecule has 0 spiro atoms. The molecular formula is C30H33BrFN3O4S. The van der Waals surface area contributed by atoms with Gasteiger partial charge in [-0.05, 0) is 80.8 Å². The molecule has 1 fully saturated rings. The van der Waals surface area contributed by atoms with Crippen LogP contribution in [-0.2, 0) is 26.2 Å². The van der Waals surface area contributed by atoms with Gasteiger partial charge in [-0.15, -0.1) is 0 Å². The number of amides is 2. The zero-order chi connectivity index (χ0) is 28.9. The molecule has 212 valence electrons. The van der Waals surface area contributed by atoms with E-state index in [-0.39, 0.29) is 29.1 Å². The van der Waals surface area contributed by atoms with Gasteiger partial charge < -0.3 is 10.2 Å². The molecule has 1 atom stereocenters. The van der Waals surface area contributed by atoms with Crippen molar-refractivity contribution in [3.05, 3.63) is 94.2 Å². The van der Waals surface area contributed by atoms with E-state index in [9.17, 15) is 22.4 Å². The second-order valence-electron chi connectivity index (χ2n) is 10.1. The highest BCUT2D eigenvalue weighted by Gasteiger charge is 2.33.